The van der Waals surface area contributed by atoms with Gasteiger partial charge in [-0.05, 0) is 51.1 Å². The van der Waals surface area contributed by atoms with Crippen molar-refractivity contribution in [3.8, 4) is 0 Å². The van der Waals surface area contributed by atoms with Crippen LogP contribution in [0.3, 0.4) is 0 Å². The number of ether oxygens (including phenoxy) is 1. The quantitative estimate of drug-likeness (QED) is 0.766. The van der Waals surface area contributed by atoms with Crippen molar-refractivity contribution < 1.29 is 9.53 Å². The number of hydrogen-bond donors (Lipinski definition) is 0. The molecule has 1 amide bonds. The van der Waals surface area contributed by atoms with Gasteiger partial charge in [0.1, 0.15) is 0 Å². The predicted octanol–water partition coefficient (Wildman–Crippen LogP) is 2.86. The Hall–Kier alpha value is -1.40. The molecule has 0 spiro atoms. The highest BCUT2D eigenvalue weighted by atomic mass is 16.5. The molecule has 152 valence electrons. The molecule has 27 heavy (non-hydrogen) atoms. The van der Waals surface area contributed by atoms with Gasteiger partial charge in [0.15, 0.2) is 0 Å². The Balaban J connectivity index is 1.68. The Bertz CT molecular complexity index is 617. The van der Waals surface area contributed by atoms with Crippen molar-refractivity contribution in [1.29, 1.82) is 0 Å². The van der Waals surface area contributed by atoms with E-state index in [9.17, 15) is 4.79 Å². The number of hydrogen-bond acceptors (Lipinski definition) is 4. The van der Waals surface area contributed by atoms with Crippen molar-refractivity contribution in [3.63, 3.8) is 0 Å². The van der Waals surface area contributed by atoms with E-state index in [4.69, 9.17) is 4.74 Å². The van der Waals surface area contributed by atoms with Crippen molar-refractivity contribution in [2.24, 2.45) is 18.9 Å². The molecule has 0 unspecified atom stereocenters. The molecular formula is C21H36N4O2. The standard InChI is InChI=1S/C21H36N4O2/c1-5-19-12-16(9-11-27-19)21(26)23(3)14-17-8-7-10-25(6-2)20(17)18-13-22-24(4)15-18/h13,15-17,19-20H,5-12,14H2,1-4H3/t16-,17-,19-,20+/m0/s1. The maximum Gasteiger partial charge on any atom is 0.225 e. The molecule has 3 rings (SSSR count). The summed E-state index contributed by atoms with van der Waals surface area (Å²) < 4.78 is 7.64. The molecule has 1 aromatic heterocycles. The van der Waals surface area contributed by atoms with E-state index in [-0.39, 0.29) is 12.0 Å². The third kappa shape index (κ3) is 4.72. The van der Waals surface area contributed by atoms with E-state index >= 15 is 0 Å². The van der Waals surface area contributed by atoms with Crippen LogP contribution < -0.4 is 0 Å². The van der Waals surface area contributed by atoms with E-state index < -0.39 is 0 Å². The number of amides is 1. The molecule has 0 aromatic carbocycles. The first-order valence-electron chi connectivity index (χ1n) is 10.6. The molecule has 0 bridgehead atoms. The summed E-state index contributed by atoms with van der Waals surface area (Å²) in [6.07, 6.45) is 9.47. The van der Waals surface area contributed by atoms with Gasteiger partial charge in [0.2, 0.25) is 5.91 Å². The van der Waals surface area contributed by atoms with E-state index in [2.05, 4.69) is 30.0 Å². The van der Waals surface area contributed by atoms with Crippen molar-refractivity contribution in [2.45, 2.75) is 58.1 Å². The number of carbonyl (C=O) groups is 1. The first-order chi connectivity index (χ1) is 13.0. The lowest BCUT2D eigenvalue weighted by atomic mass is 9.85. The zero-order valence-electron chi connectivity index (χ0n) is 17.4. The van der Waals surface area contributed by atoms with Crippen molar-refractivity contribution >= 4 is 5.91 Å². The van der Waals surface area contributed by atoms with Crippen LogP contribution in [0.15, 0.2) is 12.4 Å². The normalized spacial score (nSPS) is 29.6. The van der Waals surface area contributed by atoms with Crippen molar-refractivity contribution in [2.75, 3.05) is 33.3 Å². The topological polar surface area (TPSA) is 50.6 Å². The molecule has 4 atom stereocenters. The van der Waals surface area contributed by atoms with Gasteiger partial charge >= 0.3 is 0 Å². The summed E-state index contributed by atoms with van der Waals surface area (Å²) in [5.74, 6) is 0.880. The van der Waals surface area contributed by atoms with Crippen molar-refractivity contribution in [3.05, 3.63) is 18.0 Å². The molecule has 0 N–H and O–H groups in total. The number of piperidine rings is 1. The number of aryl methyl sites for hydroxylation is 1. The Morgan fingerprint density at radius 3 is 2.85 bits per heavy atom. The molecule has 3 heterocycles. The molecule has 0 saturated carbocycles. The average molecular weight is 377 g/mol. The second-order valence-corrected chi connectivity index (χ2v) is 8.26. The summed E-state index contributed by atoms with van der Waals surface area (Å²) in [6, 6.07) is 0.353. The number of rotatable bonds is 6. The van der Waals surface area contributed by atoms with Crippen LogP contribution in [0.4, 0.5) is 0 Å². The highest BCUT2D eigenvalue weighted by Crippen LogP contribution is 2.36. The van der Waals surface area contributed by atoms with Crippen LogP contribution in [0.5, 0.6) is 0 Å². The number of aromatic nitrogens is 2. The molecule has 2 fully saturated rings. The van der Waals surface area contributed by atoms with Gasteiger partial charge < -0.3 is 9.64 Å². The Labute approximate surface area is 163 Å². The zero-order valence-corrected chi connectivity index (χ0v) is 17.4. The Morgan fingerprint density at radius 2 is 2.19 bits per heavy atom. The fourth-order valence-electron chi connectivity index (χ4n) is 4.92. The fraction of sp³-hybridized carbons (Fsp3) is 0.810. The van der Waals surface area contributed by atoms with Gasteiger partial charge in [0.05, 0.1) is 12.3 Å². The molecule has 0 radical (unpaired) electrons. The van der Waals surface area contributed by atoms with Gasteiger partial charge in [-0.3, -0.25) is 14.4 Å². The highest BCUT2D eigenvalue weighted by molar-refractivity contribution is 5.78. The summed E-state index contributed by atoms with van der Waals surface area (Å²) in [7, 11) is 3.96. The summed E-state index contributed by atoms with van der Waals surface area (Å²) >= 11 is 0. The van der Waals surface area contributed by atoms with Gasteiger partial charge in [-0.2, -0.15) is 5.10 Å². The molecular weight excluding hydrogens is 340 g/mol. The Kier molecular flexibility index (Phi) is 6.93. The second kappa shape index (κ2) is 9.20. The summed E-state index contributed by atoms with van der Waals surface area (Å²) in [4.78, 5) is 17.6. The summed E-state index contributed by atoms with van der Waals surface area (Å²) in [5.41, 5.74) is 1.28. The highest BCUT2D eigenvalue weighted by Gasteiger charge is 2.35. The van der Waals surface area contributed by atoms with Crippen LogP contribution in [-0.2, 0) is 16.6 Å². The summed E-state index contributed by atoms with van der Waals surface area (Å²) in [5, 5.41) is 4.40. The van der Waals surface area contributed by atoms with Crippen LogP contribution in [-0.4, -0.2) is 64.9 Å². The minimum atomic E-state index is 0.122. The molecule has 2 saturated heterocycles. The average Bonchev–Trinajstić information content (AvgIpc) is 3.12. The van der Waals surface area contributed by atoms with Gasteiger partial charge in [-0.1, -0.05) is 13.8 Å². The van der Waals surface area contributed by atoms with E-state index in [1.165, 1.54) is 18.4 Å². The van der Waals surface area contributed by atoms with E-state index in [1.807, 2.05) is 29.9 Å². The largest absolute Gasteiger partial charge is 0.378 e. The maximum absolute atomic E-state index is 13.1. The summed E-state index contributed by atoms with van der Waals surface area (Å²) in [6.45, 7) is 8.07. The molecule has 2 aliphatic heterocycles. The molecule has 6 heteroatoms. The minimum absolute atomic E-state index is 0.122. The van der Waals surface area contributed by atoms with Gasteiger partial charge in [-0.25, -0.2) is 0 Å². The lowest BCUT2D eigenvalue weighted by molar-refractivity contribution is -0.140. The molecule has 2 aliphatic rings. The number of carbonyl (C=O) groups excluding carboxylic acids is 1. The van der Waals surface area contributed by atoms with Gasteiger partial charge in [0, 0.05) is 51.0 Å². The Morgan fingerprint density at radius 1 is 1.37 bits per heavy atom. The second-order valence-electron chi connectivity index (χ2n) is 8.26. The third-order valence-electron chi connectivity index (χ3n) is 6.39. The first-order valence-corrected chi connectivity index (χ1v) is 10.6. The number of likely N-dealkylation sites (tertiary alicyclic amines) is 1. The minimum Gasteiger partial charge on any atom is -0.378 e. The lowest BCUT2D eigenvalue weighted by Crippen LogP contribution is -2.45. The van der Waals surface area contributed by atoms with Gasteiger partial charge in [0.25, 0.3) is 0 Å². The molecule has 0 aliphatic carbocycles. The molecule has 1 aromatic rings. The first kappa shape index (κ1) is 20.3. The molecule has 6 nitrogen and oxygen atoms in total. The predicted molar refractivity (Wildman–Crippen MR) is 106 cm³/mol. The van der Waals surface area contributed by atoms with Crippen LogP contribution in [0, 0.1) is 11.8 Å². The van der Waals surface area contributed by atoms with Crippen LogP contribution >= 0.6 is 0 Å². The van der Waals surface area contributed by atoms with Gasteiger partial charge in [-0.15, -0.1) is 0 Å². The van der Waals surface area contributed by atoms with E-state index in [0.29, 0.717) is 24.5 Å². The van der Waals surface area contributed by atoms with Crippen LogP contribution in [0.25, 0.3) is 0 Å². The lowest BCUT2D eigenvalue weighted by Gasteiger charge is -2.42. The third-order valence-corrected chi connectivity index (χ3v) is 6.39. The zero-order chi connectivity index (χ0) is 19.4. The fourth-order valence-corrected chi connectivity index (χ4v) is 4.92. The van der Waals surface area contributed by atoms with E-state index in [0.717, 1.165) is 38.9 Å². The monoisotopic (exact) mass is 376 g/mol. The maximum atomic E-state index is 13.1. The van der Waals surface area contributed by atoms with E-state index in [1.54, 1.807) is 0 Å². The smallest absolute Gasteiger partial charge is 0.225 e. The van der Waals surface area contributed by atoms with Crippen LogP contribution in [0.1, 0.15) is 57.6 Å². The van der Waals surface area contributed by atoms with Crippen molar-refractivity contribution in [1.82, 2.24) is 19.6 Å². The number of nitrogens with zero attached hydrogens (tertiary/aromatic N) is 4. The van der Waals surface area contributed by atoms with Crippen LogP contribution in [0.2, 0.25) is 0 Å². The SMILES string of the molecule is CC[C@H]1C[C@@H](C(=O)N(C)C[C@@H]2CCCN(CC)[C@H]2c2cnn(C)c2)CCO1.